The monoisotopic (exact) mass is 285 g/mol. The summed E-state index contributed by atoms with van der Waals surface area (Å²) in [6.45, 7) is 2.62. The van der Waals surface area contributed by atoms with Gasteiger partial charge in [0.15, 0.2) is 0 Å². The second-order valence-corrected chi connectivity index (χ2v) is 5.71. The average Bonchev–Trinajstić information content (AvgIpc) is 2.99. The highest BCUT2D eigenvalue weighted by Gasteiger charge is 2.19. The van der Waals surface area contributed by atoms with E-state index in [1.165, 1.54) is 17.4 Å². The first-order valence-corrected chi connectivity index (χ1v) is 7.64. The summed E-state index contributed by atoms with van der Waals surface area (Å²) in [4.78, 5) is 7.10. The van der Waals surface area contributed by atoms with Crippen LogP contribution in [-0.2, 0) is 11.3 Å². The number of hydrogen-bond acceptors (Lipinski definition) is 4. The van der Waals surface area contributed by atoms with Crippen molar-refractivity contribution in [1.82, 2.24) is 10.3 Å². The average molecular weight is 285 g/mol. The topological polar surface area (TPSA) is 37.4 Å². The second kappa shape index (κ2) is 6.41. The van der Waals surface area contributed by atoms with Gasteiger partial charge in [0.1, 0.15) is 5.82 Å². The maximum atomic E-state index is 5.75. The number of pyridine rings is 1. The first-order chi connectivity index (χ1) is 10.3. The Bertz CT molecular complexity index is 608. The molecule has 0 amide bonds. The van der Waals surface area contributed by atoms with E-state index in [0.717, 1.165) is 37.5 Å². The lowest BCUT2D eigenvalue weighted by Gasteiger charge is -2.24. The molecule has 1 aromatic heterocycles. The van der Waals surface area contributed by atoms with E-state index in [1.807, 2.05) is 13.1 Å². The first kappa shape index (κ1) is 14.3. The minimum absolute atomic E-state index is 0.339. The molecule has 21 heavy (non-hydrogen) atoms. The molecule has 0 aliphatic carbocycles. The van der Waals surface area contributed by atoms with Crippen molar-refractivity contribution in [2.75, 3.05) is 32.1 Å². The van der Waals surface area contributed by atoms with Crippen molar-refractivity contribution in [2.45, 2.75) is 25.5 Å². The van der Waals surface area contributed by atoms with Gasteiger partial charge in [-0.15, -0.1) is 0 Å². The number of para-hydroxylation sites is 1. The van der Waals surface area contributed by atoms with Crippen LogP contribution in [0.1, 0.15) is 18.4 Å². The van der Waals surface area contributed by atoms with Gasteiger partial charge in [0.05, 0.1) is 11.6 Å². The molecule has 1 aliphatic heterocycles. The lowest BCUT2D eigenvalue weighted by molar-refractivity contribution is 0.116. The molecule has 1 fully saturated rings. The fourth-order valence-electron chi connectivity index (χ4n) is 2.98. The summed E-state index contributed by atoms with van der Waals surface area (Å²) < 4.78 is 5.75. The Morgan fingerprint density at radius 3 is 3.00 bits per heavy atom. The molecular formula is C17H23N3O. The number of aromatic nitrogens is 1. The Kier molecular flexibility index (Phi) is 4.36. The maximum absolute atomic E-state index is 5.75. The molecule has 4 heteroatoms. The standard InChI is InChI=1S/C17H23N3O/c1-18-11-14-10-13-6-3-4-8-16(13)19-17(14)20(2)12-15-7-5-9-21-15/h3-4,6,8,10,15,18H,5,7,9,11-12H2,1-2H3. The molecule has 1 unspecified atom stereocenters. The number of likely N-dealkylation sites (N-methyl/N-ethyl adjacent to an activating group) is 1. The highest BCUT2D eigenvalue weighted by Crippen LogP contribution is 2.24. The third-order valence-corrected chi connectivity index (χ3v) is 4.01. The number of fused-ring (bicyclic) bond motifs is 1. The Hall–Kier alpha value is -1.65. The van der Waals surface area contributed by atoms with Crippen LogP contribution < -0.4 is 10.2 Å². The van der Waals surface area contributed by atoms with E-state index in [0.29, 0.717) is 6.10 Å². The summed E-state index contributed by atoms with van der Waals surface area (Å²) in [7, 11) is 4.08. The van der Waals surface area contributed by atoms with E-state index in [4.69, 9.17) is 9.72 Å². The Morgan fingerprint density at radius 2 is 2.24 bits per heavy atom. The molecule has 1 N–H and O–H groups in total. The number of hydrogen-bond donors (Lipinski definition) is 1. The minimum Gasteiger partial charge on any atom is -0.376 e. The summed E-state index contributed by atoms with van der Waals surface area (Å²) >= 11 is 0. The molecule has 2 heterocycles. The van der Waals surface area contributed by atoms with Gasteiger partial charge >= 0.3 is 0 Å². The van der Waals surface area contributed by atoms with Gasteiger partial charge in [0, 0.05) is 37.7 Å². The van der Waals surface area contributed by atoms with E-state index in [-0.39, 0.29) is 0 Å². The summed E-state index contributed by atoms with van der Waals surface area (Å²) in [6.07, 6.45) is 2.66. The molecule has 0 saturated carbocycles. The zero-order valence-electron chi connectivity index (χ0n) is 12.8. The van der Waals surface area contributed by atoms with Crippen LogP contribution in [0, 0.1) is 0 Å². The Morgan fingerprint density at radius 1 is 1.38 bits per heavy atom. The zero-order valence-corrected chi connectivity index (χ0v) is 12.8. The molecule has 1 saturated heterocycles. The summed E-state index contributed by atoms with van der Waals surface area (Å²) in [6, 6.07) is 10.5. The van der Waals surface area contributed by atoms with Crippen molar-refractivity contribution in [3.05, 3.63) is 35.9 Å². The lowest BCUT2D eigenvalue weighted by Crippen LogP contribution is -2.30. The van der Waals surface area contributed by atoms with Crippen LogP contribution >= 0.6 is 0 Å². The number of anilines is 1. The predicted octanol–water partition coefficient (Wildman–Crippen LogP) is 2.57. The third kappa shape index (κ3) is 3.17. The Balaban J connectivity index is 1.91. The number of nitrogens with one attached hydrogen (secondary N) is 1. The highest BCUT2D eigenvalue weighted by molar-refractivity contribution is 5.81. The molecule has 4 nitrogen and oxygen atoms in total. The summed E-state index contributed by atoms with van der Waals surface area (Å²) in [5.41, 5.74) is 2.28. The van der Waals surface area contributed by atoms with Crippen molar-refractivity contribution in [3.8, 4) is 0 Å². The van der Waals surface area contributed by atoms with Crippen LogP contribution in [0.4, 0.5) is 5.82 Å². The smallest absolute Gasteiger partial charge is 0.133 e. The fraction of sp³-hybridized carbons (Fsp3) is 0.471. The number of rotatable bonds is 5. The van der Waals surface area contributed by atoms with Gasteiger partial charge in [-0.25, -0.2) is 4.98 Å². The van der Waals surface area contributed by atoms with Crippen molar-refractivity contribution in [3.63, 3.8) is 0 Å². The highest BCUT2D eigenvalue weighted by atomic mass is 16.5. The zero-order chi connectivity index (χ0) is 14.7. The Labute approximate surface area is 126 Å². The van der Waals surface area contributed by atoms with Gasteiger partial charge in [-0.2, -0.15) is 0 Å². The number of ether oxygens (including phenoxy) is 1. The maximum Gasteiger partial charge on any atom is 0.133 e. The van der Waals surface area contributed by atoms with Crippen molar-refractivity contribution in [1.29, 1.82) is 0 Å². The SMILES string of the molecule is CNCc1cc2ccccc2nc1N(C)CC1CCCO1. The third-order valence-electron chi connectivity index (χ3n) is 4.01. The van der Waals surface area contributed by atoms with Crippen LogP contribution in [-0.4, -0.2) is 38.3 Å². The largest absolute Gasteiger partial charge is 0.376 e. The van der Waals surface area contributed by atoms with E-state index in [9.17, 15) is 0 Å². The van der Waals surface area contributed by atoms with Gasteiger partial charge < -0.3 is 15.0 Å². The van der Waals surface area contributed by atoms with Crippen molar-refractivity contribution in [2.24, 2.45) is 0 Å². The van der Waals surface area contributed by atoms with E-state index in [1.54, 1.807) is 0 Å². The van der Waals surface area contributed by atoms with E-state index in [2.05, 4.69) is 41.5 Å². The van der Waals surface area contributed by atoms with Gasteiger partial charge in [-0.05, 0) is 32.0 Å². The number of nitrogens with zero attached hydrogens (tertiary/aromatic N) is 2. The molecule has 3 rings (SSSR count). The van der Waals surface area contributed by atoms with E-state index < -0.39 is 0 Å². The van der Waals surface area contributed by atoms with E-state index >= 15 is 0 Å². The minimum atomic E-state index is 0.339. The predicted molar refractivity (Wildman–Crippen MR) is 86.8 cm³/mol. The molecule has 1 aliphatic rings. The quantitative estimate of drug-likeness (QED) is 0.916. The number of benzene rings is 1. The lowest BCUT2D eigenvalue weighted by atomic mass is 10.1. The fourth-order valence-corrected chi connectivity index (χ4v) is 2.98. The van der Waals surface area contributed by atoms with Crippen LogP contribution in [0.15, 0.2) is 30.3 Å². The molecule has 1 atom stereocenters. The van der Waals surface area contributed by atoms with Gasteiger partial charge in [0.2, 0.25) is 0 Å². The van der Waals surface area contributed by atoms with Crippen LogP contribution in [0.25, 0.3) is 10.9 Å². The van der Waals surface area contributed by atoms with Crippen LogP contribution in [0.5, 0.6) is 0 Å². The normalized spacial score (nSPS) is 18.3. The van der Waals surface area contributed by atoms with Gasteiger partial charge in [0.25, 0.3) is 0 Å². The first-order valence-electron chi connectivity index (χ1n) is 7.64. The molecule has 2 aromatic rings. The van der Waals surface area contributed by atoms with Crippen molar-refractivity contribution < 1.29 is 4.74 Å². The van der Waals surface area contributed by atoms with Crippen LogP contribution in [0.3, 0.4) is 0 Å². The van der Waals surface area contributed by atoms with Crippen molar-refractivity contribution >= 4 is 16.7 Å². The molecule has 112 valence electrons. The summed E-state index contributed by atoms with van der Waals surface area (Å²) in [5, 5.41) is 4.43. The van der Waals surface area contributed by atoms with Gasteiger partial charge in [-0.3, -0.25) is 0 Å². The van der Waals surface area contributed by atoms with Gasteiger partial charge in [-0.1, -0.05) is 18.2 Å². The molecule has 0 bridgehead atoms. The summed E-state index contributed by atoms with van der Waals surface area (Å²) in [5.74, 6) is 1.05. The second-order valence-electron chi connectivity index (χ2n) is 5.71. The molecule has 1 aromatic carbocycles. The molecular weight excluding hydrogens is 262 g/mol. The van der Waals surface area contributed by atoms with Crippen LogP contribution in [0.2, 0.25) is 0 Å². The molecule has 0 radical (unpaired) electrons. The molecule has 0 spiro atoms.